The Morgan fingerprint density at radius 2 is 1.33 bits per heavy atom. The van der Waals surface area contributed by atoms with Crippen LogP contribution in [0.25, 0.3) is 20.2 Å². The molecule has 2 saturated heterocycles. The lowest BCUT2D eigenvalue weighted by Crippen LogP contribution is -2.56. The van der Waals surface area contributed by atoms with Gasteiger partial charge in [0.15, 0.2) is 5.11 Å². The Balaban J connectivity index is 0.979. The average molecular weight is 764 g/mol. The summed E-state index contributed by atoms with van der Waals surface area (Å²) in [5.74, 6) is 1.96. The number of halogens is 1. The van der Waals surface area contributed by atoms with Gasteiger partial charge in [-0.25, -0.2) is 0 Å². The summed E-state index contributed by atoms with van der Waals surface area (Å²) >= 11 is 12.2. The first-order valence-electron chi connectivity index (χ1n) is 16.0. The Morgan fingerprint density at radius 3 is 1.92 bits per heavy atom. The van der Waals surface area contributed by atoms with Crippen molar-refractivity contribution in [1.82, 2.24) is 23.9 Å². The Hall–Kier alpha value is -3.85. The maximum absolute atomic E-state index is 14.0. The van der Waals surface area contributed by atoms with E-state index in [2.05, 4.69) is 60.6 Å². The molecule has 3 aromatic carbocycles. The molecule has 0 spiro atoms. The second-order valence-electron chi connectivity index (χ2n) is 11.9. The summed E-state index contributed by atoms with van der Waals surface area (Å²) in [7, 11) is 0. The third-order valence-corrected chi connectivity index (χ3v) is 11.2. The molecule has 0 saturated carbocycles. The first-order chi connectivity index (χ1) is 23.4. The summed E-state index contributed by atoms with van der Waals surface area (Å²) in [6.07, 6.45) is 0.583. The molecule has 2 aliphatic heterocycles. The maximum atomic E-state index is 14.0. The minimum Gasteiger partial charge on any atom is -0.352 e. The first kappa shape index (κ1) is 32.7. The zero-order valence-electron chi connectivity index (χ0n) is 26.2. The fourth-order valence-corrected chi connectivity index (χ4v) is 8.55. The molecule has 0 bridgehead atoms. The van der Waals surface area contributed by atoms with Crippen LogP contribution in [0.1, 0.15) is 12.8 Å². The molecule has 48 heavy (non-hydrogen) atoms. The van der Waals surface area contributed by atoms with Gasteiger partial charge in [-0.15, -0.1) is 0 Å². The van der Waals surface area contributed by atoms with Crippen LogP contribution in [-0.2, 0) is 9.59 Å². The predicted octanol–water partition coefficient (Wildman–Crippen LogP) is 5.80. The second-order valence-corrected chi connectivity index (χ2v) is 14.8. The summed E-state index contributed by atoms with van der Waals surface area (Å²) in [4.78, 5) is 35.8. The number of nitrogens with one attached hydrogen (secondary N) is 2. The van der Waals surface area contributed by atoms with E-state index in [1.165, 1.54) is 27.8 Å². The van der Waals surface area contributed by atoms with Crippen LogP contribution < -0.4 is 20.4 Å². The van der Waals surface area contributed by atoms with Crippen molar-refractivity contribution in [3.8, 4) is 0 Å². The number of thiocarbonyl (C=S) groups is 1. The van der Waals surface area contributed by atoms with Crippen LogP contribution >= 0.6 is 51.2 Å². The third kappa shape index (κ3) is 7.26. The molecule has 2 aliphatic rings. The lowest BCUT2D eigenvalue weighted by molar-refractivity contribution is -0.134. The fraction of sp³-hybridized carbons (Fsp3) is 0.324. The summed E-state index contributed by atoms with van der Waals surface area (Å²) in [5, 5.41) is 9.09. The highest BCUT2D eigenvalue weighted by Crippen LogP contribution is 2.31. The number of carbonyl (C=O) groups excluding carboxylic acids is 2. The van der Waals surface area contributed by atoms with E-state index in [9.17, 15) is 9.59 Å². The zero-order valence-corrected chi connectivity index (χ0v) is 30.2. The quantitative estimate of drug-likeness (QED) is 0.190. The van der Waals surface area contributed by atoms with Crippen molar-refractivity contribution in [3.05, 3.63) is 77.3 Å². The van der Waals surface area contributed by atoms with Crippen LogP contribution in [-0.4, -0.2) is 93.9 Å². The van der Waals surface area contributed by atoms with Crippen LogP contribution in [0.4, 0.5) is 17.3 Å². The Bertz CT molecular complexity index is 1930. The topological polar surface area (TPSA) is 96.9 Å². The van der Waals surface area contributed by atoms with Crippen molar-refractivity contribution in [2.45, 2.75) is 18.9 Å². The number of anilines is 3. The number of amides is 2. The molecule has 1 unspecified atom stereocenters. The van der Waals surface area contributed by atoms with E-state index >= 15 is 0 Å². The van der Waals surface area contributed by atoms with Gasteiger partial charge in [-0.3, -0.25) is 9.59 Å². The highest BCUT2D eigenvalue weighted by Gasteiger charge is 2.31. The van der Waals surface area contributed by atoms with Gasteiger partial charge < -0.3 is 30.2 Å². The molecule has 0 radical (unpaired) electrons. The van der Waals surface area contributed by atoms with Gasteiger partial charge in [0.25, 0.3) is 0 Å². The van der Waals surface area contributed by atoms with E-state index in [1.807, 2.05) is 58.3 Å². The predicted molar refractivity (Wildman–Crippen MR) is 203 cm³/mol. The van der Waals surface area contributed by atoms with Crippen molar-refractivity contribution >= 4 is 106 Å². The molecule has 2 fully saturated rings. The number of aromatic nitrogens is 2. The summed E-state index contributed by atoms with van der Waals surface area (Å²) in [5.41, 5.74) is 0.805. The van der Waals surface area contributed by atoms with Gasteiger partial charge in [0.1, 0.15) is 17.7 Å². The molecule has 7 rings (SSSR count). The molecular formula is C34H35BrN8O2S3. The lowest BCUT2D eigenvalue weighted by Gasteiger charge is -2.37. The Labute approximate surface area is 301 Å². The minimum absolute atomic E-state index is 0.0449. The molecule has 10 nitrogen and oxygen atoms in total. The molecule has 248 valence electrons. The van der Waals surface area contributed by atoms with E-state index in [0.29, 0.717) is 50.8 Å². The zero-order chi connectivity index (χ0) is 33.0. The SMILES string of the molecule is O=C(CCC(NC(=S)Nc1cccc(Br)c1)C(=O)N1CCN(c2nsc3ccccc23)CC1)N1CCN(c2nsc3ccccc23)CC1. The van der Waals surface area contributed by atoms with Gasteiger partial charge >= 0.3 is 0 Å². The average Bonchev–Trinajstić information content (AvgIpc) is 3.75. The number of hydrogen-bond donors (Lipinski definition) is 2. The van der Waals surface area contributed by atoms with Crippen molar-refractivity contribution < 1.29 is 9.59 Å². The number of hydrogen-bond acceptors (Lipinski definition) is 9. The van der Waals surface area contributed by atoms with Gasteiger partial charge in [-0.2, -0.15) is 8.75 Å². The number of fused-ring (bicyclic) bond motifs is 2. The normalized spacial score (nSPS) is 15.9. The van der Waals surface area contributed by atoms with E-state index in [-0.39, 0.29) is 18.2 Å². The fourth-order valence-electron chi connectivity index (χ4n) is 6.30. The molecule has 14 heteroatoms. The third-order valence-electron chi connectivity index (χ3n) is 8.87. The number of nitrogens with zero attached hydrogens (tertiary/aromatic N) is 6. The monoisotopic (exact) mass is 762 g/mol. The van der Waals surface area contributed by atoms with Gasteiger partial charge in [0.2, 0.25) is 11.8 Å². The summed E-state index contributed by atoms with van der Waals surface area (Å²) in [6, 6.07) is 23.5. The molecule has 2 amide bonds. The van der Waals surface area contributed by atoms with Crippen molar-refractivity contribution in [2.24, 2.45) is 0 Å². The Morgan fingerprint density at radius 1 is 0.771 bits per heavy atom. The molecule has 1 atom stereocenters. The van der Waals surface area contributed by atoms with Crippen LogP contribution in [0, 0.1) is 0 Å². The van der Waals surface area contributed by atoms with Crippen molar-refractivity contribution in [2.75, 3.05) is 67.5 Å². The smallest absolute Gasteiger partial charge is 0.245 e. The van der Waals surface area contributed by atoms with E-state index in [0.717, 1.165) is 50.4 Å². The number of benzene rings is 3. The number of rotatable bonds is 8. The van der Waals surface area contributed by atoms with Gasteiger partial charge in [-0.1, -0.05) is 46.3 Å². The van der Waals surface area contributed by atoms with E-state index in [1.54, 1.807) is 0 Å². The first-order valence-corrected chi connectivity index (χ1v) is 18.8. The second kappa shape index (κ2) is 14.7. The van der Waals surface area contributed by atoms with Crippen LogP contribution in [0.3, 0.4) is 0 Å². The van der Waals surface area contributed by atoms with Crippen molar-refractivity contribution in [1.29, 1.82) is 0 Å². The van der Waals surface area contributed by atoms with Crippen LogP contribution in [0.5, 0.6) is 0 Å². The van der Waals surface area contributed by atoms with E-state index in [4.69, 9.17) is 21.0 Å². The maximum Gasteiger partial charge on any atom is 0.245 e. The lowest BCUT2D eigenvalue weighted by atomic mass is 10.1. The van der Waals surface area contributed by atoms with Gasteiger partial charge in [-0.05, 0) is 84.2 Å². The van der Waals surface area contributed by atoms with Crippen LogP contribution in [0.2, 0.25) is 0 Å². The van der Waals surface area contributed by atoms with E-state index < -0.39 is 6.04 Å². The standard InChI is InChI=1S/C34H35BrN8O2S3/c35-23-6-5-7-24(22-23)36-34(46)37-27(33(45)43-20-18-42(19-21-43)32-26-9-2-4-11-29(26)48-39-32)12-13-30(44)40-14-16-41(17-15-40)31-25-8-1-3-10-28(25)47-38-31/h1-11,22,27H,12-21H2,(H2,36,37,46). The van der Waals surface area contributed by atoms with Gasteiger partial charge in [0, 0.05) is 79.7 Å². The summed E-state index contributed by atoms with van der Waals surface area (Å²) < 4.78 is 12.6. The molecule has 4 heterocycles. The largest absolute Gasteiger partial charge is 0.352 e. The number of piperazine rings is 2. The molecular weight excluding hydrogens is 729 g/mol. The minimum atomic E-state index is -0.643. The molecule has 2 N–H and O–H groups in total. The molecule has 2 aromatic heterocycles. The highest BCUT2D eigenvalue weighted by molar-refractivity contribution is 9.10. The van der Waals surface area contributed by atoms with Crippen molar-refractivity contribution in [3.63, 3.8) is 0 Å². The van der Waals surface area contributed by atoms with Gasteiger partial charge in [0.05, 0.1) is 9.40 Å². The molecule has 5 aromatic rings. The highest BCUT2D eigenvalue weighted by atomic mass is 79.9. The number of carbonyl (C=O) groups is 2. The Kier molecular flexibility index (Phi) is 10.0. The van der Waals surface area contributed by atoms with Crippen LogP contribution in [0.15, 0.2) is 77.3 Å². The summed E-state index contributed by atoms with van der Waals surface area (Å²) in [6.45, 7) is 5.18. The molecule has 0 aliphatic carbocycles.